The third-order valence-electron chi connectivity index (χ3n) is 9.07. The molecule has 5 rings (SSSR count). The van der Waals surface area contributed by atoms with Crippen molar-refractivity contribution in [2.45, 2.75) is 75.4 Å². The first kappa shape index (κ1) is 36.8. The van der Waals surface area contributed by atoms with Gasteiger partial charge in [-0.15, -0.1) is 0 Å². The molecule has 2 amide bonds. The minimum Gasteiger partial charge on any atom is -0.454 e. The Hall–Kier alpha value is -3.47. The molecule has 5 N–H and O–H groups in total. The number of hydrogen-bond acceptors (Lipinski definition) is 11. The van der Waals surface area contributed by atoms with Crippen LogP contribution >= 0.6 is 0 Å². The average molecular weight is 705 g/mol. The van der Waals surface area contributed by atoms with Crippen molar-refractivity contribution in [3.63, 3.8) is 0 Å². The van der Waals surface area contributed by atoms with Gasteiger partial charge in [0.25, 0.3) is 0 Å². The summed E-state index contributed by atoms with van der Waals surface area (Å²) in [5.74, 6) is 0.466. The fourth-order valence-corrected chi connectivity index (χ4v) is 8.04. The number of nitrogens with two attached hydrogens (primary N) is 1. The zero-order valence-corrected chi connectivity index (χ0v) is 28.9. The first-order chi connectivity index (χ1) is 23.4. The largest absolute Gasteiger partial charge is 0.454 e. The third-order valence-corrected chi connectivity index (χ3v) is 10.9. The lowest BCUT2D eigenvalue weighted by molar-refractivity contribution is -0.119. The summed E-state index contributed by atoms with van der Waals surface area (Å²) in [4.78, 5) is 24.7. The van der Waals surface area contributed by atoms with Gasteiger partial charge in [0.15, 0.2) is 17.8 Å². The van der Waals surface area contributed by atoms with Gasteiger partial charge >= 0.3 is 6.09 Å². The highest BCUT2D eigenvalue weighted by atomic mass is 32.2. The molecule has 2 aromatic carbocycles. The van der Waals surface area contributed by atoms with Crippen LogP contribution in [0.15, 0.2) is 53.4 Å². The van der Waals surface area contributed by atoms with Crippen molar-refractivity contribution in [2.75, 3.05) is 46.2 Å². The van der Waals surface area contributed by atoms with E-state index in [2.05, 4.69) is 10.6 Å². The van der Waals surface area contributed by atoms with Crippen molar-refractivity contribution in [3.05, 3.63) is 54.1 Å². The summed E-state index contributed by atoms with van der Waals surface area (Å²) >= 11 is 0. The van der Waals surface area contributed by atoms with Crippen molar-refractivity contribution in [1.29, 1.82) is 0 Å². The van der Waals surface area contributed by atoms with Crippen LogP contribution in [-0.4, -0.2) is 101 Å². The lowest BCUT2D eigenvalue weighted by Gasteiger charge is -2.35. The van der Waals surface area contributed by atoms with E-state index >= 15 is 0 Å². The van der Waals surface area contributed by atoms with E-state index in [0.29, 0.717) is 43.9 Å². The second-order valence-electron chi connectivity index (χ2n) is 13.5. The summed E-state index contributed by atoms with van der Waals surface area (Å²) < 4.78 is 57.6. The van der Waals surface area contributed by atoms with Gasteiger partial charge in [0, 0.05) is 25.7 Å². The molecule has 49 heavy (non-hydrogen) atoms. The lowest BCUT2D eigenvalue weighted by atomic mass is 9.87. The van der Waals surface area contributed by atoms with Crippen LogP contribution in [0.3, 0.4) is 0 Å². The SMILES string of the molecule is CC(C)(CCCCNC(=O)CN)CN(C[C@@H](O)[C@H](Cc1ccccc1)NC(=O)O[C@H]1CO[C@H]2OCC[C@H]21)S(=O)(=O)c1ccc2c(c1)OCO2. The van der Waals surface area contributed by atoms with Crippen molar-refractivity contribution < 1.29 is 46.8 Å². The van der Waals surface area contributed by atoms with Gasteiger partial charge in [-0.05, 0) is 48.8 Å². The summed E-state index contributed by atoms with van der Waals surface area (Å²) in [6, 6.07) is 12.9. The number of carbonyl (C=O) groups excluding carboxylic acids is 2. The number of sulfonamides is 1. The molecule has 0 unspecified atom stereocenters. The smallest absolute Gasteiger partial charge is 0.407 e. The fourth-order valence-electron chi connectivity index (χ4n) is 6.38. The van der Waals surface area contributed by atoms with Gasteiger partial charge in [-0.1, -0.05) is 50.6 Å². The number of rotatable bonds is 17. The molecular weight excluding hydrogens is 656 g/mol. The molecule has 0 bridgehead atoms. The highest BCUT2D eigenvalue weighted by Crippen LogP contribution is 2.36. The summed E-state index contributed by atoms with van der Waals surface area (Å²) in [6.07, 6.45) is 0.0579. The molecule has 2 aromatic rings. The van der Waals surface area contributed by atoms with Gasteiger partial charge in [-0.2, -0.15) is 4.31 Å². The number of nitrogens with zero attached hydrogens (tertiary/aromatic N) is 1. The van der Waals surface area contributed by atoms with E-state index in [1.807, 2.05) is 44.2 Å². The van der Waals surface area contributed by atoms with E-state index in [1.165, 1.54) is 16.4 Å². The Morgan fingerprint density at radius 2 is 1.88 bits per heavy atom. The van der Waals surface area contributed by atoms with Gasteiger partial charge in [0.05, 0.1) is 42.7 Å². The number of carbonyl (C=O) groups is 2. The maximum atomic E-state index is 14.3. The highest BCUT2D eigenvalue weighted by Gasteiger charge is 2.44. The van der Waals surface area contributed by atoms with E-state index < -0.39 is 46.1 Å². The first-order valence-electron chi connectivity index (χ1n) is 16.7. The van der Waals surface area contributed by atoms with E-state index in [4.69, 9.17) is 29.4 Å². The van der Waals surface area contributed by atoms with Crippen molar-refractivity contribution in [3.8, 4) is 11.5 Å². The van der Waals surface area contributed by atoms with Crippen LogP contribution < -0.4 is 25.8 Å². The normalized spacial score (nSPS) is 21.3. The Morgan fingerprint density at radius 1 is 1.10 bits per heavy atom. The van der Waals surface area contributed by atoms with Crippen molar-refractivity contribution in [1.82, 2.24) is 14.9 Å². The quantitative estimate of drug-likeness (QED) is 0.177. The maximum absolute atomic E-state index is 14.3. The predicted molar refractivity (Wildman–Crippen MR) is 178 cm³/mol. The Bertz CT molecular complexity index is 1530. The average Bonchev–Trinajstić information content (AvgIpc) is 3.83. The summed E-state index contributed by atoms with van der Waals surface area (Å²) in [7, 11) is -4.17. The summed E-state index contributed by atoms with van der Waals surface area (Å²) in [6.45, 7) is 4.80. The third kappa shape index (κ3) is 9.83. The molecule has 0 aliphatic carbocycles. The molecule has 14 nitrogen and oxygen atoms in total. The number of ether oxygens (including phenoxy) is 5. The van der Waals surface area contributed by atoms with Gasteiger partial charge < -0.3 is 45.2 Å². The number of nitrogens with one attached hydrogen (secondary N) is 2. The monoisotopic (exact) mass is 704 g/mol. The molecule has 3 aliphatic heterocycles. The number of hydrogen-bond donors (Lipinski definition) is 4. The highest BCUT2D eigenvalue weighted by molar-refractivity contribution is 7.89. The van der Waals surface area contributed by atoms with Crippen molar-refractivity contribution in [2.24, 2.45) is 17.1 Å². The molecule has 3 aliphatic rings. The summed E-state index contributed by atoms with van der Waals surface area (Å²) in [5, 5.41) is 17.3. The van der Waals surface area contributed by atoms with E-state index in [9.17, 15) is 23.1 Å². The molecule has 5 atom stereocenters. The second-order valence-corrected chi connectivity index (χ2v) is 15.4. The molecule has 0 spiro atoms. The molecule has 2 saturated heterocycles. The minimum atomic E-state index is -4.17. The number of fused-ring (bicyclic) bond motifs is 2. The van der Waals surface area contributed by atoms with Crippen LogP contribution in [0.5, 0.6) is 11.5 Å². The molecule has 270 valence electrons. The van der Waals surface area contributed by atoms with Crippen LogP contribution in [0, 0.1) is 11.3 Å². The van der Waals surface area contributed by atoms with Gasteiger partial charge in [0.2, 0.25) is 22.7 Å². The lowest BCUT2D eigenvalue weighted by Crippen LogP contribution is -2.52. The standard InChI is InChI=1S/C34H48N4O10S/c1-34(2,13-6-7-14-36-31(40)18-35)21-38(49(42,43)24-10-11-28-29(17-24)47-22-46-28)19-27(39)26(16-23-8-4-3-5-9-23)37-33(41)48-30-20-45-32-25(30)12-15-44-32/h3-5,8-11,17,25-27,30,32,39H,6-7,12-16,18-22,35H2,1-2H3,(H,36,40)(H,37,41)/t25-,26-,27+,30-,32+/m0/s1. The number of benzene rings is 2. The Kier molecular flexibility index (Phi) is 12.4. The molecule has 0 radical (unpaired) electrons. The number of unbranched alkanes of at least 4 members (excludes halogenated alkanes) is 1. The van der Waals surface area contributed by atoms with Crippen LogP contribution in [0.4, 0.5) is 4.79 Å². The van der Waals surface area contributed by atoms with E-state index in [0.717, 1.165) is 12.0 Å². The predicted octanol–water partition coefficient (Wildman–Crippen LogP) is 2.14. The maximum Gasteiger partial charge on any atom is 0.407 e. The molecule has 0 aromatic heterocycles. The molecule has 0 saturated carbocycles. The molecule has 15 heteroatoms. The van der Waals surface area contributed by atoms with Gasteiger partial charge in [-0.25, -0.2) is 13.2 Å². The molecule has 2 fully saturated rings. The van der Waals surface area contributed by atoms with Crippen LogP contribution in [-0.2, 0) is 35.4 Å². The number of alkyl carbamates (subject to hydrolysis) is 1. The zero-order valence-electron chi connectivity index (χ0n) is 28.0. The number of amides is 2. The Balaban J connectivity index is 1.34. The van der Waals surface area contributed by atoms with E-state index in [-0.39, 0.29) is 56.2 Å². The Morgan fingerprint density at radius 3 is 2.65 bits per heavy atom. The Labute approximate surface area is 287 Å². The van der Waals surface area contributed by atoms with Gasteiger partial charge in [0.1, 0.15) is 6.10 Å². The van der Waals surface area contributed by atoms with Crippen LogP contribution in [0.2, 0.25) is 0 Å². The van der Waals surface area contributed by atoms with Crippen molar-refractivity contribution >= 4 is 22.0 Å². The number of aliphatic hydroxyl groups is 1. The van der Waals surface area contributed by atoms with Gasteiger partial charge in [-0.3, -0.25) is 4.79 Å². The number of aliphatic hydroxyl groups excluding tert-OH is 1. The molecule has 3 heterocycles. The zero-order chi connectivity index (χ0) is 35.0. The fraction of sp³-hybridized carbons (Fsp3) is 0.588. The van der Waals surface area contributed by atoms with E-state index in [1.54, 1.807) is 6.07 Å². The topological polar surface area (TPSA) is 188 Å². The minimum absolute atomic E-state index is 0.00852. The summed E-state index contributed by atoms with van der Waals surface area (Å²) in [5.41, 5.74) is 5.68. The second kappa shape index (κ2) is 16.5. The molecular formula is C34H48N4O10S. The van der Waals surface area contributed by atoms with Crippen LogP contribution in [0.25, 0.3) is 0 Å². The first-order valence-corrected chi connectivity index (χ1v) is 18.2. The van der Waals surface area contributed by atoms with Crippen LogP contribution in [0.1, 0.15) is 45.1 Å².